The summed E-state index contributed by atoms with van der Waals surface area (Å²) in [6.07, 6.45) is 0.365. The number of halogens is 1. The van der Waals surface area contributed by atoms with Crippen molar-refractivity contribution in [1.29, 1.82) is 0 Å². The van der Waals surface area contributed by atoms with Crippen molar-refractivity contribution in [2.45, 2.75) is 19.4 Å². The molecule has 0 spiro atoms. The van der Waals surface area contributed by atoms with E-state index in [9.17, 15) is 9.90 Å². The average Bonchev–Trinajstić information content (AvgIpc) is 2.41. The first-order valence-corrected chi connectivity index (χ1v) is 6.71. The van der Waals surface area contributed by atoms with Crippen LogP contribution in [0.3, 0.4) is 0 Å². The largest absolute Gasteiger partial charge is 0.495 e. The Morgan fingerprint density at radius 1 is 1.53 bits per heavy atom. The third kappa shape index (κ3) is 3.01. The van der Waals surface area contributed by atoms with Gasteiger partial charge in [-0.2, -0.15) is 0 Å². The Labute approximate surface area is 117 Å². The number of likely N-dealkylation sites (tertiary alicyclic amines) is 1. The van der Waals surface area contributed by atoms with E-state index in [2.05, 4.69) is 0 Å². The van der Waals surface area contributed by atoms with Crippen molar-refractivity contribution in [2.24, 2.45) is 5.92 Å². The number of ether oxygens (including phenoxy) is 1. The molecule has 0 aromatic heterocycles. The third-order valence-electron chi connectivity index (χ3n) is 3.60. The summed E-state index contributed by atoms with van der Waals surface area (Å²) in [5, 5.41) is 10.3. The van der Waals surface area contributed by atoms with Gasteiger partial charge in [-0.05, 0) is 30.5 Å². The number of carbonyl (C=O) groups excluding carboxylic acids is 1. The summed E-state index contributed by atoms with van der Waals surface area (Å²) < 4.78 is 5.11. The van der Waals surface area contributed by atoms with Crippen LogP contribution in [-0.4, -0.2) is 42.2 Å². The van der Waals surface area contributed by atoms with Crippen molar-refractivity contribution in [3.05, 3.63) is 28.8 Å². The number of hydrogen-bond donors (Lipinski definition) is 1. The van der Waals surface area contributed by atoms with Crippen LogP contribution in [0.15, 0.2) is 18.2 Å². The highest BCUT2D eigenvalue weighted by atomic mass is 35.5. The summed E-state index contributed by atoms with van der Waals surface area (Å²) in [6, 6.07) is 4.96. The number of rotatable bonds is 2. The van der Waals surface area contributed by atoms with Gasteiger partial charge in [0.25, 0.3) is 5.91 Å². The molecule has 1 N–H and O–H groups in total. The summed E-state index contributed by atoms with van der Waals surface area (Å²) in [5.41, 5.74) is 0.531. The molecule has 1 aliphatic heterocycles. The molecular weight excluding hydrogens is 266 g/mol. The van der Waals surface area contributed by atoms with Gasteiger partial charge in [-0.3, -0.25) is 4.79 Å². The standard InChI is InChI=1S/C14H18ClNO3/c1-9-5-6-16(8-12(9)17)14(18)10-3-4-11(15)13(7-10)19-2/h3-4,7,9,12,17H,5-6,8H2,1-2H3. The summed E-state index contributed by atoms with van der Waals surface area (Å²) >= 11 is 5.94. The van der Waals surface area contributed by atoms with E-state index in [-0.39, 0.29) is 11.8 Å². The minimum Gasteiger partial charge on any atom is -0.495 e. The van der Waals surface area contributed by atoms with Gasteiger partial charge < -0.3 is 14.7 Å². The quantitative estimate of drug-likeness (QED) is 0.905. The lowest BCUT2D eigenvalue weighted by Gasteiger charge is -2.34. The second kappa shape index (κ2) is 5.80. The van der Waals surface area contributed by atoms with Crippen molar-refractivity contribution >= 4 is 17.5 Å². The molecule has 1 heterocycles. The lowest BCUT2D eigenvalue weighted by atomic mass is 9.95. The topological polar surface area (TPSA) is 49.8 Å². The number of aliphatic hydroxyl groups excluding tert-OH is 1. The minimum atomic E-state index is -0.452. The fourth-order valence-electron chi connectivity index (χ4n) is 2.21. The second-order valence-electron chi connectivity index (χ2n) is 4.93. The Bertz CT molecular complexity index is 478. The maximum Gasteiger partial charge on any atom is 0.254 e. The predicted octanol–water partition coefficient (Wildman–Crippen LogP) is 2.19. The van der Waals surface area contributed by atoms with E-state index in [0.717, 1.165) is 6.42 Å². The van der Waals surface area contributed by atoms with Gasteiger partial charge in [0.15, 0.2) is 0 Å². The van der Waals surface area contributed by atoms with E-state index in [1.165, 1.54) is 7.11 Å². The first-order chi connectivity index (χ1) is 9.02. The molecule has 1 amide bonds. The highest BCUT2D eigenvalue weighted by molar-refractivity contribution is 6.32. The zero-order chi connectivity index (χ0) is 14.0. The molecule has 19 heavy (non-hydrogen) atoms. The maximum atomic E-state index is 12.3. The van der Waals surface area contributed by atoms with E-state index in [0.29, 0.717) is 29.4 Å². The molecule has 104 valence electrons. The molecule has 0 radical (unpaired) electrons. The Morgan fingerprint density at radius 2 is 2.26 bits per heavy atom. The Morgan fingerprint density at radius 3 is 2.89 bits per heavy atom. The van der Waals surface area contributed by atoms with Gasteiger partial charge in [0, 0.05) is 18.7 Å². The van der Waals surface area contributed by atoms with Gasteiger partial charge in [-0.25, -0.2) is 0 Å². The van der Waals surface area contributed by atoms with E-state index in [4.69, 9.17) is 16.3 Å². The van der Waals surface area contributed by atoms with Crippen LogP contribution in [0.5, 0.6) is 5.75 Å². The van der Waals surface area contributed by atoms with Crippen LogP contribution in [0.2, 0.25) is 5.02 Å². The SMILES string of the molecule is COc1cc(C(=O)N2CCC(C)C(O)C2)ccc1Cl. The molecule has 1 saturated heterocycles. The zero-order valence-electron chi connectivity index (χ0n) is 11.1. The van der Waals surface area contributed by atoms with Crippen LogP contribution in [0.25, 0.3) is 0 Å². The van der Waals surface area contributed by atoms with E-state index < -0.39 is 6.10 Å². The van der Waals surface area contributed by atoms with Crippen molar-refractivity contribution in [3.63, 3.8) is 0 Å². The summed E-state index contributed by atoms with van der Waals surface area (Å²) in [5.74, 6) is 0.628. The van der Waals surface area contributed by atoms with Crippen LogP contribution in [0, 0.1) is 5.92 Å². The molecule has 4 nitrogen and oxygen atoms in total. The summed E-state index contributed by atoms with van der Waals surface area (Å²) in [6.45, 7) is 3.05. The molecule has 0 saturated carbocycles. The van der Waals surface area contributed by atoms with E-state index in [1.54, 1.807) is 23.1 Å². The summed E-state index contributed by atoms with van der Waals surface area (Å²) in [4.78, 5) is 14.0. The van der Waals surface area contributed by atoms with Crippen LogP contribution >= 0.6 is 11.6 Å². The lowest BCUT2D eigenvalue weighted by molar-refractivity contribution is 0.0248. The number of nitrogens with zero attached hydrogens (tertiary/aromatic N) is 1. The Hall–Kier alpha value is -1.26. The van der Waals surface area contributed by atoms with Crippen LogP contribution < -0.4 is 4.74 Å². The molecule has 2 rings (SSSR count). The van der Waals surface area contributed by atoms with Gasteiger partial charge in [0.2, 0.25) is 0 Å². The van der Waals surface area contributed by atoms with Crippen molar-refractivity contribution in [2.75, 3.05) is 20.2 Å². The molecule has 1 aromatic rings. The van der Waals surface area contributed by atoms with Gasteiger partial charge in [-0.1, -0.05) is 18.5 Å². The molecule has 0 bridgehead atoms. The van der Waals surface area contributed by atoms with Gasteiger partial charge in [0.1, 0.15) is 5.75 Å². The monoisotopic (exact) mass is 283 g/mol. The molecule has 1 aromatic carbocycles. The molecule has 5 heteroatoms. The Kier molecular flexibility index (Phi) is 4.32. The second-order valence-corrected chi connectivity index (χ2v) is 5.34. The number of benzene rings is 1. The van der Waals surface area contributed by atoms with E-state index in [1.807, 2.05) is 6.92 Å². The number of carbonyl (C=O) groups is 1. The molecule has 1 fully saturated rings. The number of amides is 1. The third-order valence-corrected chi connectivity index (χ3v) is 3.92. The smallest absolute Gasteiger partial charge is 0.254 e. The first kappa shape index (κ1) is 14.2. The summed E-state index contributed by atoms with van der Waals surface area (Å²) in [7, 11) is 1.52. The molecule has 1 aliphatic rings. The van der Waals surface area contributed by atoms with Crippen molar-refractivity contribution in [3.8, 4) is 5.75 Å². The maximum absolute atomic E-state index is 12.3. The first-order valence-electron chi connectivity index (χ1n) is 6.33. The number of hydrogen-bond acceptors (Lipinski definition) is 3. The van der Waals surface area contributed by atoms with Crippen LogP contribution in [0.4, 0.5) is 0 Å². The molecular formula is C14H18ClNO3. The van der Waals surface area contributed by atoms with Gasteiger partial charge in [0.05, 0.1) is 18.2 Å². The number of piperidine rings is 1. The number of β-amino-alcohol motifs (C(OH)–C–C–N with tert-alkyl or cyclic N) is 1. The minimum absolute atomic E-state index is 0.0964. The van der Waals surface area contributed by atoms with Gasteiger partial charge >= 0.3 is 0 Å². The van der Waals surface area contributed by atoms with Gasteiger partial charge in [-0.15, -0.1) is 0 Å². The molecule has 0 aliphatic carbocycles. The van der Waals surface area contributed by atoms with Crippen LogP contribution in [0.1, 0.15) is 23.7 Å². The number of aliphatic hydroxyl groups is 1. The fourth-order valence-corrected chi connectivity index (χ4v) is 2.40. The van der Waals surface area contributed by atoms with Crippen molar-refractivity contribution in [1.82, 2.24) is 4.90 Å². The van der Waals surface area contributed by atoms with Crippen LogP contribution in [-0.2, 0) is 0 Å². The number of methoxy groups -OCH3 is 1. The average molecular weight is 284 g/mol. The zero-order valence-corrected chi connectivity index (χ0v) is 11.9. The van der Waals surface area contributed by atoms with Crippen molar-refractivity contribution < 1.29 is 14.6 Å². The highest BCUT2D eigenvalue weighted by Gasteiger charge is 2.28. The fraction of sp³-hybridized carbons (Fsp3) is 0.500. The molecule has 2 atom stereocenters. The predicted molar refractivity (Wildman–Crippen MR) is 73.7 cm³/mol. The van der Waals surface area contributed by atoms with E-state index >= 15 is 0 Å². The Balaban J connectivity index is 2.15. The lowest BCUT2D eigenvalue weighted by Crippen LogP contribution is -2.45. The normalized spacial score (nSPS) is 23.3. The highest BCUT2D eigenvalue weighted by Crippen LogP contribution is 2.26. The molecule has 2 unspecified atom stereocenters.